The summed E-state index contributed by atoms with van der Waals surface area (Å²) in [7, 11) is -2.30. The van der Waals surface area contributed by atoms with Crippen LogP contribution in [0, 0.1) is 12.3 Å². The number of aryl methyl sites for hydroxylation is 2. The van der Waals surface area contributed by atoms with Crippen LogP contribution in [0.2, 0.25) is 0 Å². The maximum Gasteiger partial charge on any atom is 0.325 e. The number of carboxylic acids is 1. The zero-order valence-corrected chi connectivity index (χ0v) is 12.4. The van der Waals surface area contributed by atoms with Crippen LogP contribution in [0.1, 0.15) is 25.3 Å². The summed E-state index contributed by atoms with van der Waals surface area (Å²) < 4.78 is 28.1. The number of carbonyl (C=O) groups is 1. The normalized spacial score (nSPS) is 33.1. The SMILES string of the molecule is Cc1cnn(C)c1S(=O)(=O)N1CC2(C)CC1(C(=O)O)C2. The van der Waals surface area contributed by atoms with Crippen molar-refractivity contribution in [3.8, 4) is 0 Å². The molecule has 0 radical (unpaired) electrons. The number of hydrogen-bond acceptors (Lipinski definition) is 4. The Labute approximate surface area is 117 Å². The van der Waals surface area contributed by atoms with Crippen molar-refractivity contribution in [3.05, 3.63) is 11.8 Å². The fourth-order valence-electron chi connectivity index (χ4n) is 3.73. The molecule has 1 N–H and O–H groups in total. The third-order valence-corrected chi connectivity index (χ3v) is 6.56. The van der Waals surface area contributed by atoms with E-state index in [9.17, 15) is 18.3 Å². The standard InChI is InChI=1S/C12H17N3O4S/c1-8-4-13-14(3)9(8)20(18,19)15-7-11(2)5-12(15,6-11)10(16)17/h4H,5-7H2,1-3H3,(H,16,17). The molecule has 0 atom stereocenters. The number of hydrogen-bond donors (Lipinski definition) is 1. The van der Waals surface area contributed by atoms with Gasteiger partial charge in [-0.1, -0.05) is 6.92 Å². The summed E-state index contributed by atoms with van der Waals surface area (Å²) in [4.78, 5) is 11.6. The van der Waals surface area contributed by atoms with Gasteiger partial charge in [-0.25, -0.2) is 8.42 Å². The Morgan fingerprint density at radius 2 is 2.05 bits per heavy atom. The van der Waals surface area contributed by atoms with E-state index >= 15 is 0 Å². The molecule has 0 amide bonds. The molecule has 2 aliphatic heterocycles. The second-order valence-electron chi connectivity index (χ2n) is 6.27. The van der Waals surface area contributed by atoms with Gasteiger partial charge in [-0.2, -0.15) is 9.40 Å². The van der Waals surface area contributed by atoms with Crippen LogP contribution in [0.3, 0.4) is 0 Å². The molecule has 1 saturated carbocycles. The van der Waals surface area contributed by atoms with Crippen molar-refractivity contribution in [1.29, 1.82) is 0 Å². The number of fused-ring (bicyclic) bond motifs is 1. The molecule has 2 saturated heterocycles. The molecule has 1 aliphatic carbocycles. The average Bonchev–Trinajstić information content (AvgIpc) is 2.87. The summed E-state index contributed by atoms with van der Waals surface area (Å²) >= 11 is 0. The minimum atomic E-state index is -3.85. The summed E-state index contributed by atoms with van der Waals surface area (Å²) in [5.41, 5.74) is -0.968. The van der Waals surface area contributed by atoms with Crippen molar-refractivity contribution in [1.82, 2.24) is 14.1 Å². The van der Waals surface area contributed by atoms with E-state index in [0.29, 0.717) is 18.4 Å². The molecule has 1 aromatic rings. The second-order valence-corrected chi connectivity index (χ2v) is 8.05. The fraction of sp³-hybridized carbons (Fsp3) is 0.667. The molecule has 0 aromatic carbocycles. The lowest BCUT2D eigenvalue weighted by Crippen LogP contribution is -2.56. The first kappa shape index (κ1) is 13.6. The van der Waals surface area contributed by atoms with Gasteiger partial charge in [-0.05, 0) is 25.2 Å². The van der Waals surface area contributed by atoms with Crippen LogP contribution < -0.4 is 0 Å². The summed E-state index contributed by atoms with van der Waals surface area (Å²) in [6.07, 6.45) is 2.24. The number of aromatic nitrogens is 2. The Hall–Kier alpha value is -1.41. The Morgan fingerprint density at radius 3 is 2.50 bits per heavy atom. The highest BCUT2D eigenvalue weighted by Gasteiger charge is 2.70. The molecule has 8 heteroatoms. The molecule has 3 fully saturated rings. The van der Waals surface area contributed by atoms with E-state index in [1.165, 1.54) is 10.9 Å². The number of aliphatic carboxylic acids is 1. The first-order chi connectivity index (χ1) is 9.12. The molecule has 20 heavy (non-hydrogen) atoms. The highest BCUT2D eigenvalue weighted by Crippen LogP contribution is 2.60. The number of rotatable bonds is 3. The predicted molar refractivity (Wildman–Crippen MR) is 69.5 cm³/mol. The molecule has 0 spiro atoms. The highest BCUT2D eigenvalue weighted by molar-refractivity contribution is 7.89. The Morgan fingerprint density at radius 1 is 1.45 bits per heavy atom. The van der Waals surface area contributed by atoms with E-state index in [0.717, 1.165) is 4.31 Å². The lowest BCUT2D eigenvalue weighted by atomic mass is 9.63. The molecule has 2 bridgehead atoms. The van der Waals surface area contributed by atoms with Crippen molar-refractivity contribution in [2.45, 2.75) is 37.3 Å². The Balaban J connectivity index is 2.12. The molecule has 4 rings (SSSR count). The topological polar surface area (TPSA) is 92.5 Å². The summed E-state index contributed by atoms with van der Waals surface area (Å²) in [5.74, 6) is -1.06. The second kappa shape index (κ2) is 3.62. The van der Waals surface area contributed by atoms with Crippen molar-refractivity contribution in [2.75, 3.05) is 6.54 Å². The fourth-order valence-corrected chi connectivity index (χ4v) is 5.93. The number of carboxylic acid groups (broad SMARTS) is 1. The van der Waals surface area contributed by atoms with Gasteiger partial charge in [0.15, 0.2) is 5.03 Å². The third kappa shape index (κ3) is 1.46. The largest absolute Gasteiger partial charge is 0.480 e. The minimum Gasteiger partial charge on any atom is -0.480 e. The van der Waals surface area contributed by atoms with Gasteiger partial charge in [0.25, 0.3) is 10.0 Å². The van der Waals surface area contributed by atoms with E-state index in [1.54, 1.807) is 14.0 Å². The quantitative estimate of drug-likeness (QED) is 0.869. The van der Waals surface area contributed by atoms with Crippen LogP contribution in [0.5, 0.6) is 0 Å². The van der Waals surface area contributed by atoms with E-state index < -0.39 is 21.5 Å². The Bertz CT molecular complexity index is 681. The molecule has 3 heterocycles. The Kier molecular flexibility index (Phi) is 2.45. The van der Waals surface area contributed by atoms with Crippen LogP contribution >= 0.6 is 0 Å². The summed E-state index contributed by atoms with van der Waals surface area (Å²) in [6.45, 7) is 3.85. The van der Waals surface area contributed by atoms with Crippen LogP contribution in [0.25, 0.3) is 0 Å². The average molecular weight is 299 g/mol. The monoisotopic (exact) mass is 299 g/mol. The van der Waals surface area contributed by atoms with Crippen molar-refractivity contribution < 1.29 is 18.3 Å². The van der Waals surface area contributed by atoms with Gasteiger partial charge in [0, 0.05) is 19.2 Å². The highest BCUT2D eigenvalue weighted by atomic mass is 32.2. The van der Waals surface area contributed by atoms with Gasteiger partial charge in [-0.15, -0.1) is 0 Å². The summed E-state index contributed by atoms with van der Waals surface area (Å²) in [5, 5.41) is 13.5. The first-order valence-electron chi connectivity index (χ1n) is 6.37. The van der Waals surface area contributed by atoms with Crippen LogP contribution in [0.4, 0.5) is 0 Å². The molecule has 1 aromatic heterocycles. The zero-order chi connectivity index (χ0) is 14.9. The summed E-state index contributed by atoms with van der Waals surface area (Å²) in [6, 6.07) is 0. The molecule has 110 valence electrons. The molecule has 0 unspecified atom stereocenters. The van der Waals surface area contributed by atoms with Crippen LogP contribution in [-0.2, 0) is 21.9 Å². The number of sulfonamides is 1. The van der Waals surface area contributed by atoms with Crippen LogP contribution in [-0.4, -0.2) is 45.7 Å². The zero-order valence-electron chi connectivity index (χ0n) is 11.6. The third-order valence-electron chi connectivity index (χ3n) is 4.43. The molecular weight excluding hydrogens is 282 g/mol. The molecule has 7 nitrogen and oxygen atoms in total. The molecule has 3 aliphatic rings. The van der Waals surface area contributed by atoms with Crippen LogP contribution in [0.15, 0.2) is 11.2 Å². The molecular formula is C12H17N3O4S. The van der Waals surface area contributed by atoms with Gasteiger partial charge >= 0.3 is 5.97 Å². The van der Waals surface area contributed by atoms with E-state index in [-0.39, 0.29) is 17.0 Å². The smallest absolute Gasteiger partial charge is 0.325 e. The van der Waals surface area contributed by atoms with E-state index in [2.05, 4.69) is 5.10 Å². The lowest BCUT2D eigenvalue weighted by Gasteiger charge is -2.42. The number of nitrogens with zero attached hydrogens (tertiary/aromatic N) is 3. The lowest BCUT2D eigenvalue weighted by molar-refractivity contribution is -0.151. The van der Waals surface area contributed by atoms with Crippen molar-refractivity contribution >= 4 is 16.0 Å². The maximum atomic E-state index is 12.8. The predicted octanol–water partition coefficient (Wildman–Crippen LogP) is 0.356. The van der Waals surface area contributed by atoms with Gasteiger partial charge in [-0.3, -0.25) is 9.48 Å². The van der Waals surface area contributed by atoms with E-state index in [1.807, 2.05) is 6.92 Å². The maximum absolute atomic E-state index is 12.8. The van der Waals surface area contributed by atoms with Crippen molar-refractivity contribution in [3.63, 3.8) is 0 Å². The van der Waals surface area contributed by atoms with E-state index in [4.69, 9.17) is 0 Å². The van der Waals surface area contributed by atoms with Crippen molar-refractivity contribution in [2.24, 2.45) is 12.5 Å². The van der Waals surface area contributed by atoms with Gasteiger partial charge in [0.05, 0.1) is 6.20 Å². The first-order valence-corrected chi connectivity index (χ1v) is 7.81. The van der Waals surface area contributed by atoms with Gasteiger partial charge in [0.2, 0.25) is 0 Å². The van der Waals surface area contributed by atoms with Gasteiger partial charge < -0.3 is 5.11 Å². The van der Waals surface area contributed by atoms with Gasteiger partial charge in [0.1, 0.15) is 5.54 Å². The minimum absolute atomic E-state index is 0.0780.